The lowest BCUT2D eigenvalue weighted by Crippen LogP contribution is -2.42. The highest BCUT2D eigenvalue weighted by atomic mass is 19.4. The van der Waals surface area contributed by atoms with Gasteiger partial charge in [-0.1, -0.05) is 26.0 Å². The maximum atomic E-state index is 13.1. The number of carbonyl (C=O) groups is 2. The first kappa shape index (κ1) is 23.4. The second-order valence-electron chi connectivity index (χ2n) is 8.31. The molecule has 1 N–H and O–H groups in total. The predicted octanol–water partition coefficient (Wildman–Crippen LogP) is 5.69. The van der Waals surface area contributed by atoms with Crippen molar-refractivity contribution in [1.29, 1.82) is 0 Å². The maximum absolute atomic E-state index is 13.1. The van der Waals surface area contributed by atoms with E-state index in [1.807, 2.05) is 27.7 Å². The van der Waals surface area contributed by atoms with E-state index in [2.05, 4.69) is 4.74 Å². The van der Waals surface area contributed by atoms with Crippen molar-refractivity contribution in [3.8, 4) is 16.9 Å². The van der Waals surface area contributed by atoms with E-state index < -0.39 is 17.7 Å². The minimum Gasteiger partial charge on any atom is -0.478 e. The van der Waals surface area contributed by atoms with Crippen molar-refractivity contribution in [3.05, 3.63) is 53.1 Å². The van der Waals surface area contributed by atoms with Crippen LogP contribution in [-0.4, -0.2) is 29.9 Å². The molecule has 32 heavy (non-hydrogen) atoms. The Labute approximate surface area is 184 Å². The molecule has 1 amide bonds. The molecule has 0 atom stereocenters. The van der Waals surface area contributed by atoms with Crippen molar-refractivity contribution in [2.75, 3.05) is 11.4 Å². The molecule has 170 valence electrons. The summed E-state index contributed by atoms with van der Waals surface area (Å²) < 4.78 is 43.5. The van der Waals surface area contributed by atoms with E-state index in [9.17, 15) is 22.8 Å². The Balaban J connectivity index is 2.25. The maximum Gasteiger partial charge on any atom is 0.573 e. The van der Waals surface area contributed by atoms with Crippen LogP contribution in [0.3, 0.4) is 0 Å². The monoisotopic (exact) mass is 447 g/mol. The normalized spacial score (nSPS) is 15.7. The number of benzene rings is 2. The summed E-state index contributed by atoms with van der Waals surface area (Å²) in [4.78, 5) is 25.1. The van der Waals surface area contributed by atoms with Gasteiger partial charge in [0.05, 0.1) is 0 Å². The third-order valence-corrected chi connectivity index (χ3v) is 5.56. The number of hydrogen-bond acceptors (Lipinski definition) is 3. The van der Waals surface area contributed by atoms with Gasteiger partial charge in [-0.2, -0.15) is 0 Å². The van der Waals surface area contributed by atoms with Crippen LogP contribution in [0.25, 0.3) is 17.2 Å². The van der Waals surface area contributed by atoms with Crippen LogP contribution in [-0.2, 0) is 15.0 Å². The fraction of sp³-hybridized carbons (Fsp3) is 0.333. The lowest BCUT2D eigenvalue weighted by molar-refractivity contribution is -0.274. The van der Waals surface area contributed by atoms with Gasteiger partial charge in [-0.15, -0.1) is 13.2 Å². The van der Waals surface area contributed by atoms with Crippen LogP contribution in [0.2, 0.25) is 0 Å². The van der Waals surface area contributed by atoms with E-state index in [4.69, 9.17) is 5.11 Å². The van der Waals surface area contributed by atoms with E-state index >= 15 is 0 Å². The Morgan fingerprint density at radius 3 is 2.50 bits per heavy atom. The molecular weight excluding hydrogens is 423 g/mol. The molecule has 3 rings (SSSR count). The molecule has 8 heteroatoms. The molecule has 5 nitrogen and oxygen atoms in total. The molecule has 1 heterocycles. The summed E-state index contributed by atoms with van der Waals surface area (Å²) in [7, 11) is 0. The van der Waals surface area contributed by atoms with Gasteiger partial charge in [0.25, 0.3) is 0 Å². The number of carboxylic acids is 1. The molecule has 0 aromatic heterocycles. The number of carbonyl (C=O) groups excluding carboxylic acids is 1. The van der Waals surface area contributed by atoms with E-state index in [0.717, 1.165) is 22.9 Å². The second-order valence-corrected chi connectivity index (χ2v) is 8.31. The number of ether oxygens (including phenoxy) is 1. The number of amides is 1. The molecule has 2 aromatic rings. The standard InChI is InChI=1S/C24H24F3NO4/c1-5-28-18-9-8-16(14(2)22(18)23(3,4)13-20(28)29)17-12-15(7-11-21(30)31)6-10-19(17)32-24(25,26)27/h6-12H,5,13H2,1-4H3,(H,30,31). The van der Waals surface area contributed by atoms with E-state index in [1.54, 1.807) is 17.0 Å². The molecule has 0 saturated heterocycles. The van der Waals surface area contributed by atoms with Crippen molar-refractivity contribution in [2.24, 2.45) is 0 Å². The quantitative estimate of drug-likeness (QED) is 0.598. The average Bonchev–Trinajstić information content (AvgIpc) is 2.65. The highest BCUT2D eigenvalue weighted by Crippen LogP contribution is 2.46. The summed E-state index contributed by atoms with van der Waals surface area (Å²) in [5, 5.41) is 8.88. The van der Waals surface area contributed by atoms with Crippen LogP contribution in [0.5, 0.6) is 5.75 Å². The van der Waals surface area contributed by atoms with E-state index in [1.165, 1.54) is 24.3 Å². The molecule has 0 unspecified atom stereocenters. The lowest BCUT2D eigenvalue weighted by atomic mass is 9.73. The molecule has 1 aliphatic rings. The smallest absolute Gasteiger partial charge is 0.478 e. The highest BCUT2D eigenvalue weighted by molar-refractivity contribution is 5.99. The summed E-state index contributed by atoms with van der Waals surface area (Å²) in [5.74, 6) is -1.55. The van der Waals surface area contributed by atoms with Gasteiger partial charge in [-0.25, -0.2) is 4.79 Å². The Bertz CT molecular complexity index is 1100. The molecule has 0 saturated carbocycles. The van der Waals surface area contributed by atoms with Gasteiger partial charge in [0.1, 0.15) is 5.75 Å². The second kappa shape index (κ2) is 8.33. The molecule has 2 aromatic carbocycles. The Kier molecular flexibility index (Phi) is 6.09. The number of rotatable bonds is 5. The van der Waals surface area contributed by atoms with Crippen molar-refractivity contribution in [1.82, 2.24) is 0 Å². The van der Waals surface area contributed by atoms with Crippen molar-refractivity contribution in [3.63, 3.8) is 0 Å². The molecule has 0 fully saturated rings. The molecule has 0 aliphatic carbocycles. The Morgan fingerprint density at radius 2 is 1.91 bits per heavy atom. The van der Waals surface area contributed by atoms with E-state index in [0.29, 0.717) is 17.7 Å². The molecular formula is C24H24F3NO4. The average molecular weight is 447 g/mol. The SMILES string of the molecule is CCN1C(=O)CC(C)(C)c2c1ccc(-c1cc(C=CC(=O)O)ccc1OC(F)(F)F)c2C. The predicted molar refractivity (Wildman–Crippen MR) is 116 cm³/mol. The fourth-order valence-corrected chi connectivity index (χ4v) is 4.35. The first-order chi connectivity index (χ1) is 14.8. The van der Waals surface area contributed by atoms with Gasteiger partial charge in [-0.05, 0) is 60.4 Å². The summed E-state index contributed by atoms with van der Waals surface area (Å²) in [6.45, 7) is 8.05. The zero-order valence-corrected chi connectivity index (χ0v) is 18.2. The number of hydrogen-bond donors (Lipinski definition) is 1. The number of anilines is 1. The summed E-state index contributed by atoms with van der Waals surface area (Å²) in [6, 6.07) is 7.43. The zero-order valence-electron chi connectivity index (χ0n) is 18.2. The van der Waals surface area contributed by atoms with Gasteiger partial charge in [0, 0.05) is 35.7 Å². The van der Waals surface area contributed by atoms with Crippen LogP contribution < -0.4 is 9.64 Å². The van der Waals surface area contributed by atoms with Crippen molar-refractivity contribution >= 4 is 23.6 Å². The number of fused-ring (bicyclic) bond motifs is 1. The summed E-state index contributed by atoms with van der Waals surface area (Å²) in [5.41, 5.74) is 2.99. The first-order valence-electron chi connectivity index (χ1n) is 10.1. The largest absolute Gasteiger partial charge is 0.573 e. The summed E-state index contributed by atoms with van der Waals surface area (Å²) >= 11 is 0. The number of aliphatic carboxylic acids is 1. The topological polar surface area (TPSA) is 66.8 Å². The van der Waals surface area contributed by atoms with Crippen LogP contribution in [0.4, 0.5) is 18.9 Å². The van der Waals surface area contributed by atoms with Crippen LogP contribution in [0, 0.1) is 6.92 Å². The molecule has 0 spiro atoms. The van der Waals surface area contributed by atoms with Crippen molar-refractivity contribution in [2.45, 2.75) is 45.9 Å². The molecule has 1 aliphatic heterocycles. The van der Waals surface area contributed by atoms with Crippen LogP contribution in [0.15, 0.2) is 36.4 Å². The zero-order chi connectivity index (χ0) is 23.8. The van der Waals surface area contributed by atoms with Crippen LogP contribution in [0.1, 0.15) is 43.9 Å². The fourth-order valence-electron chi connectivity index (χ4n) is 4.35. The highest BCUT2D eigenvalue weighted by Gasteiger charge is 2.38. The van der Waals surface area contributed by atoms with Gasteiger partial charge < -0.3 is 14.7 Å². The third-order valence-electron chi connectivity index (χ3n) is 5.56. The molecule has 0 bridgehead atoms. The number of carboxylic acid groups (broad SMARTS) is 1. The lowest BCUT2D eigenvalue weighted by Gasteiger charge is -2.40. The van der Waals surface area contributed by atoms with Crippen molar-refractivity contribution < 1.29 is 32.6 Å². The number of halogens is 3. The van der Waals surface area contributed by atoms with Gasteiger partial charge in [0.2, 0.25) is 5.91 Å². The van der Waals surface area contributed by atoms with E-state index in [-0.39, 0.29) is 23.6 Å². The number of alkyl halides is 3. The Morgan fingerprint density at radius 1 is 1.22 bits per heavy atom. The minimum absolute atomic E-state index is 0.000881. The minimum atomic E-state index is -4.89. The van der Waals surface area contributed by atoms with Gasteiger partial charge in [-0.3, -0.25) is 4.79 Å². The summed E-state index contributed by atoms with van der Waals surface area (Å²) in [6.07, 6.45) is -2.39. The van der Waals surface area contributed by atoms with Crippen LogP contribution >= 0.6 is 0 Å². The van der Waals surface area contributed by atoms with Gasteiger partial charge >= 0.3 is 12.3 Å². The third kappa shape index (κ3) is 4.64. The number of nitrogens with zero attached hydrogens (tertiary/aromatic N) is 1. The first-order valence-corrected chi connectivity index (χ1v) is 10.1. The Hall–Kier alpha value is -3.29. The molecule has 0 radical (unpaired) electrons. The van der Waals surface area contributed by atoms with Gasteiger partial charge in [0.15, 0.2) is 0 Å².